The van der Waals surface area contributed by atoms with Gasteiger partial charge in [-0.3, -0.25) is 9.69 Å². The molecule has 1 aliphatic heterocycles. The van der Waals surface area contributed by atoms with Gasteiger partial charge in [0.1, 0.15) is 6.04 Å². The van der Waals surface area contributed by atoms with Gasteiger partial charge >= 0.3 is 12.0 Å². The number of halogens is 2. The first-order valence-electron chi connectivity index (χ1n) is 5.66. The minimum Gasteiger partial charge on any atom is -0.480 e. The van der Waals surface area contributed by atoms with E-state index in [1.807, 2.05) is 0 Å². The Kier molecular flexibility index (Phi) is 4.15. The Bertz CT molecular complexity index is 553. The lowest BCUT2D eigenvalue weighted by molar-refractivity contribution is -0.144. The molecule has 20 heavy (non-hydrogen) atoms. The van der Waals surface area contributed by atoms with Crippen molar-refractivity contribution in [3.63, 3.8) is 0 Å². The first kappa shape index (κ1) is 14.6. The van der Waals surface area contributed by atoms with Crippen LogP contribution in [0.4, 0.5) is 4.79 Å². The fraction of sp³-hybridized carbons (Fsp3) is 0.250. The number of hydrogen-bond acceptors (Lipinski definition) is 3. The minimum atomic E-state index is -1.25. The van der Waals surface area contributed by atoms with E-state index >= 15 is 0 Å². The number of carbonyl (C=O) groups is 3. The molecule has 1 aromatic carbocycles. The van der Waals surface area contributed by atoms with Crippen LogP contribution >= 0.6 is 23.2 Å². The summed E-state index contributed by atoms with van der Waals surface area (Å²) in [5.74, 6) is -1.83. The molecule has 0 unspecified atom stereocenters. The second-order valence-electron chi connectivity index (χ2n) is 4.22. The van der Waals surface area contributed by atoms with Gasteiger partial charge in [-0.15, -0.1) is 0 Å². The molecular weight excluding hydrogens is 307 g/mol. The van der Waals surface area contributed by atoms with Gasteiger partial charge in [-0.2, -0.15) is 0 Å². The maximum atomic E-state index is 11.9. The summed E-state index contributed by atoms with van der Waals surface area (Å²) in [5, 5.41) is 11.7. The fourth-order valence-electron chi connectivity index (χ4n) is 1.83. The number of aliphatic carboxylic acids is 1. The number of urea groups is 1. The number of imide groups is 1. The molecular formula is C12H10Cl2N2O4. The molecule has 2 N–H and O–H groups in total. The monoisotopic (exact) mass is 316 g/mol. The van der Waals surface area contributed by atoms with E-state index in [4.69, 9.17) is 28.3 Å². The highest BCUT2D eigenvalue weighted by molar-refractivity contribution is 6.36. The molecule has 0 radical (unpaired) electrons. The zero-order chi connectivity index (χ0) is 14.9. The average Bonchev–Trinajstić information content (AvgIpc) is 2.36. The molecule has 0 saturated carbocycles. The summed E-state index contributed by atoms with van der Waals surface area (Å²) < 4.78 is 0. The van der Waals surface area contributed by atoms with Gasteiger partial charge in [0, 0.05) is 15.6 Å². The van der Waals surface area contributed by atoms with Crippen molar-refractivity contribution in [2.75, 3.05) is 0 Å². The summed E-state index contributed by atoms with van der Waals surface area (Å²) in [6.45, 7) is -0.102. The summed E-state index contributed by atoms with van der Waals surface area (Å²) >= 11 is 12.0. The lowest BCUT2D eigenvalue weighted by Gasteiger charge is -2.29. The molecule has 1 saturated heterocycles. The van der Waals surface area contributed by atoms with E-state index in [1.165, 1.54) is 0 Å². The number of hydrogen-bond donors (Lipinski definition) is 2. The summed E-state index contributed by atoms with van der Waals surface area (Å²) in [5.41, 5.74) is 0.438. The highest BCUT2D eigenvalue weighted by Gasteiger charge is 2.35. The predicted octanol–water partition coefficient (Wildman–Crippen LogP) is 1.89. The van der Waals surface area contributed by atoms with Crippen LogP contribution in [0, 0.1) is 0 Å². The Labute approximate surface area is 124 Å². The number of nitrogens with zero attached hydrogens (tertiary/aromatic N) is 1. The lowest BCUT2D eigenvalue weighted by atomic mass is 10.1. The van der Waals surface area contributed by atoms with E-state index in [0.29, 0.717) is 15.6 Å². The second kappa shape index (κ2) is 5.68. The molecule has 1 heterocycles. The van der Waals surface area contributed by atoms with Gasteiger partial charge in [0.15, 0.2) is 0 Å². The van der Waals surface area contributed by atoms with Crippen LogP contribution in [0.25, 0.3) is 0 Å². The van der Waals surface area contributed by atoms with Crippen molar-refractivity contribution < 1.29 is 19.5 Å². The van der Waals surface area contributed by atoms with E-state index in [0.717, 1.165) is 4.90 Å². The van der Waals surface area contributed by atoms with Crippen molar-refractivity contribution >= 4 is 41.1 Å². The third kappa shape index (κ3) is 2.86. The van der Waals surface area contributed by atoms with Crippen LogP contribution in [0.1, 0.15) is 12.0 Å². The fourth-order valence-corrected chi connectivity index (χ4v) is 2.34. The molecule has 6 nitrogen and oxygen atoms in total. The van der Waals surface area contributed by atoms with Crippen molar-refractivity contribution in [1.82, 2.24) is 10.2 Å². The van der Waals surface area contributed by atoms with E-state index in [2.05, 4.69) is 5.32 Å². The van der Waals surface area contributed by atoms with E-state index < -0.39 is 23.9 Å². The zero-order valence-corrected chi connectivity index (χ0v) is 11.6. The Hall–Kier alpha value is -1.79. The van der Waals surface area contributed by atoms with Gasteiger partial charge in [0.25, 0.3) is 0 Å². The molecule has 1 fully saturated rings. The number of nitrogens with one attached hydrogen (secondary N) is 1. The Morgan fingerprint density at radius 3 is 2.45 bits per heavy atom. The highest BCUT2D eigenvalue weighted by Crippen LogP contribution is 2.26. The van der Waals surface area contributed by atoms with Gasteiger partial charge in [0.2, 0.25) is 5.91 Å². The molecule has 0 bridgehead atoms. The molecule has 0 spiro atoms. The first-order valence-corrected chi connectivity index (χ1v) is 6.42. The largest absolute Gasteiger partial charge is 0.480 e. The maximum absolute atomic E-state index is 11.9. The van der Waals surface area contributed by atoms with E-state index in [-0.39, 0.29) is 13.0 Å². The lowest BCUT2D eigenvalue weighted by Crippen LogP contribution is -2.56. The molecule has 1 atom stereocenters. The standard InChI is InChI=1S/C12H10Cl2N2O4/c13-7-2-1-3-8(14)6(7)5-16-10(17)4-9(11(18)19)15-12(16)20/h1-3,9H,4-5H2,(H,15,20)(H,18,19)/t9-/m1/s1. The molecule has 1 aromatic rings. The van der Waals surface area contributed by atoms with Crippen LogP contribution in [-0.2, 0) is 16.1 Å². The van der Waals surface area contributed by atoms with Crippen molar-refractivity contribution in [2.45, 2.75) is 19.0 Å². The van der Waals surface area contributed by atoms with E-state index in [1.54, 1.807) is 18.2 Å². The summed E-state index contributed by atoms with van der Waals surface area (Å²) in [4.78, 5) is 35.3. The van der Waals surface area contributed by atoms with Crippen molar-refractivity contribution in [1.29, 1.82) is 0 Å². The number of carbonyl (C=O) groups excluding carboxylic acids is 2. The number of carboxylic acids is 1. The molecule has 3 amide bonds. The van der Waals surface area contributed by atoms with Crippen LogP contribution in [0.15, 0.2) is 18.2 Å². The van der Waals surface area contributed by atoms with Crippen LogP contribution < -0.4 is 5.32 Å². The Morgan fingerprint density at radius 1 is 1.35 bits per heavy atom. The number of benzene rings is 1. The van der Waals surface area contributed by atoms with Gasteiger partial charge in [-0.05, 0) is 12.1 Å². The maximum Gasteiger partial charge on any atom is 0.326 e. The Morgan fingerprint density at radius 2 is 1.95 bits per heavy atom. The summed E-state index contributed by atoms with van der Waals surface area (Å²) in [6, 6.07) is 2.86. The normalized spacial score (nSPS) is 18.9. The number of rotatable bonds is 3. The highest BCUT2D eigenvalue weighted by atomic mass is 35.5. The summed E-state index contributed by atoms with van der Waals surface area (Å²) in [7, 11) is 0. The molecule has 0 aromatic heterocycles. The van der Waals surface area contributed by atoms with Crippen molar-refractivity contribution in [2.24, 2.45) is 0 Å². The van der Waals surface area contributed by atoms with Crippen LogP contribution in [0.5, 0.6) is 0 Å². The first-order chi connectivity index (χ1) is 9.40. The SMILES string of the molecule is O=C(O)[C@H]1CC(=O)N(Cc2c(Cl)cccc2Cl)C(=O)N1. The Balaban J connectivity index is 2.20. The van der Waals surface area contributed by atoms with Gasteiger partial charge in [0.05, 0.1) is 13.0 Å². The molecule has 2 rings (SSSR count). The third-order valence-corrected chi connectivity index (χ3v) is 3.61. The number of carboxylic acid groups (broad SMARTS) is 1. The molecule has 0 aliphatic carbocycles. The van der Waals surface area contributed by atoms with Crippen LogP contribution in [0.2, 0.25) is 10.0 Å². The minimum absolute atomic E-state index is 0.102. The van der Waals surface area contributed by atoms with Crippen molar-refractivity contribution in [3.8, 4) is 0 Å². The third-order valence-electron chi connectivity index (χ3n) is 2.90. The quantitative estimate of drug-likeness (QED) is 0.891. The zero-order valence-electron chi connectivity index (χ0n) is 10.1. The van der Waals surface area contributed by atoms with Gasteiger partial charge in [-0.25, -0.2) is 9.59 Å². The van der Waals surface area contributed by atoms with Crippen LogP contribution in [-0.4, -0.2) is 34.0 Å². The van der Waals surface area contributed by atoms with Gasteiger partial charge < -0.3 is 10.4 Å². The molecule has 1 aliphatic rings. The van der Waals surface area contributed by atoms with Crippen LogP contribution in [0.3, 0.4) is 0 Å². The predicted molar refractivity (Wildman–Crippen MR) is 71.6 cm³/mol. The average molecular weight is 317 g/mol. The number of amides is 3. The summed E-state index contributed by atoms with van der Waals surface area (Å²) in [6.07, 6.45) is -0.302. The molecule has 106 valence electrons. The van der Waals surface area contributed by atoms with Crippen molar-refractivity contribution in [3.05, 3.63) is 33.8 Å². The van der Waals surface area contributed by atoms with Gasteiger partial charge in [-0.1, -0.05) is 29.3 Å². The van der Waals surface area contributed by atoms with E-state index in [9.17, 15) is 14.4 Å². The second-order valence-corrected chi connectivity index (χ2v) is 5.04. The molecule has 8 heteroatoms. The smallest absolute Gasteiger partial charge is 0.326 e. The topological polar surface area (TPSA) is 86.7 Å².